The van der Waals surface area contributed by atoms with Gasteiger partial charge >= 0.3 is 0 Å². The Kier molecular flexibility index (Phi) is 7.91. The summed E-state index contributed by atoms with van der Waals surface area (Å²) in [4.78, 5) is 19.4. The van der Waals surface area contributed by atoms with E-state index in [2.05, 4.69) is 49.7 Å². The van der Waals surface area contributed by atoms with Crippen LogP contribution in [-0.2, 0) is 13.1 Å². The highest BCUT2D eigenvalue weighted by Crippen LogP contribution is 2.35. The maximum absolute atomic E-state index is 13.9. The molecule has 3 aromatic carbocycles. The van der Waals surface area contributed by atoms with Crippen molar-refractivity contribution in [2.75, 3.05) is 7.11 Å². The van der Waals surface area contributed by atoms with Crippen LogP contribution < -0.4 is 10.3 Å². The molecule has 210 valence electrons. The standard InChI is InChI=1S/C33H36N6O2/c1-23-10-9-13-26-20-29(33(40)34-30(23)26)31(32-35-36-37-39(32)27-14-7-4-8-15-27)38(21-24-11-5-3-6-12-24)22-25-16-18-28(41-2)19-17-25/h3,5-6,9-13,16-20,27,31H,4,7-8,14-15,21-22H2,1-2H3,(H,34,40)/t31-/m1/s1. The molecule has 0 bridgehead atoms. The van der Waals surface area contributed by atoms with Crippen LogP contribution in [0.2, 0.25) is 0 Å². The van der Waals surface area contributed by atoms with Gasteiger partial charge in [-0.3, -0.25) is 9.69 Å². The fraction of sp³-hybridized carbons (Fsp3) is 0.333. The number of benzene rings is 3. The first-order chi connectivity index (χ1) is 20.1. The summed E-state index contributed by atoms with van der Waals surface area (Å²) in [6.45, 7) is 3.22. The number of nitrogens with one attached hydrogen (secondary N) is 1. The normalized spacial score (nSPS) is 14.9. The van der Waals surface area contributed by atoms with E-state index < -0.39 is 6.04 Å². The van der Waals surface area contributed by atoms with Crippen molar-refractivity contribution in [2.45, 2.75) is 64.2 Å². The summed E-state index contributed by atoms with van der Waals surface area (Å²) in [6, 6.07) is 26.3. The number of rotatable bonds is 9. The highest BCUT2D eigenvalue weighted by atomic mass is 16.5. The van der Waals surface area contributed by atoms with Crippen molar-refractivity contribution in [1.82, 2.24) is 30.1 Å². The molecule has 0 saturated heterocycles. The Hall–Kier alpha value is -4.30. The molecule has 41 heavy (non-hydrogen) atoms. The predicted molar refractivity (Wildman–Crippen MR) is 160 cm³/mol. The number of H-pyrrole nitrogens is 1. The second-order valence-corrected chi connectivity index (χ2v) is 11.0. The van der Waals surface area contributed by atoms with Gasteiger partial charge in [0.15, 0.2) is 5.82 Å². The largest absolute Gasteiger partial charge is 0.497 e. The fourth-order valence-electron chi connectivity index (χ4n) is 6.09. The van der Waals surface area contributed by atoms with Crippen LogP contribution in [0.25, 0.3) is 10.9 Å². The minimum absolute atomic E-state index is 0.122. The molecule has 0 amide bonds. The van der Waals surface area contributed by atoms with E-state index in [9.17, 15) is 4.79 Å². The van der Waals surface area contributed by atoms with Gasteiger partial charge < -0.3 is 9.72 Å². The number of hydrogen-bond acceptors (Lipinski definition) is 6. The van der Waals surface area contributed by atoms with E-state index in [4.69, 9.17) is 4.74 Å². The van der Waals surface area contributed by atoms with Gasteiger partial charge in [0.05, 0.1) is 18.7 Å². The second-order valence-electron chi connectivity index (χ2n) is 11.0. The van der Waals surface area contributed by atoms with Crippen LogP contribution in [0.5, 0.6) is 5.75 Å². The summed E-state index contributed by atoms with van der Waals surface area (Å²) in [7, 11) is 1.67. The van der Waals surface area contributed by atoms with Crippen molar-refractivity contribution in [3.63, 3.8) is 0 Å². The highest BCUT2D eigenvalue weighted by molar-refractivity contribution is 5.82. The van der Waals surface area contributed by atoms with Gasteiger partial charge in [-0.15, -0.1) is 5.10 Å². The molecule has 8 nitrogen and oxygen atoms in total. The third-order valence-corrected chi connectivity index (χ3v) is 8.23. The van der Waals surface area contributed by atoms with Crippen molar-refractivity contribution < 1.29 is 4.74 Å². The van der Waals surface area contributed by atoms with E-state index >= 15 is 0 Å². The van der Waals surface area contributed by atoms with Gasteiger partial charge in [-0.1, -0.05) is 79.9 Å². The Morgan fingerprint density at radius 1 is 0.951 bits per heavy atom. The Bertz CT molecular complexity index is 1660. The molecule has 1 atom stereocenters. The zero-order chi connectivity index (χ0) is 28.2. The van der Waals surface area contributed by atoms with Crippen molar-refractivity contribution in [1.29, 1.82) is 0 Å². The number of para-hydroxylation sites is 1. The number of aryl methyl sites for hydroxylation is 1. The lowest BCUT2D eigenvalue weighted by atomic mass is 9.94. The van der Waals surface area contributed by atoms with Crippen molar-refractivity contribution in [3.05, 3.63) is 117 Å². The number of pyridine rings is 1. The van der Waals surface area contributed by atoms with Crippen LogP contribution in [-0.4, -0.2) is 37.2 Å². The molecule has 0 aliphatic heterocycles. The number of tetrazole rings is 1. The lowest BCUT2D eigenvalue weighted by Gasteiger charge is -2.33. The number of aromatic amines is 1. The van der Waals surface area contributed by atoms with E-state index in [0.29, 0.717) is 24.5 Å². The first kappa shape index (κ1) is 26.9. The van der Waals surface area contributed by atoms with Crippen LogP contribution >= 0.6 is 0 Å². The molecule has 6 rings (SSSR count). The van der Waals surface area contributed by atoms with Gasteiger partial charge in [-0.25, -0.2) is 4.68 Å². The fourth-order valence-corrected chi connectivity index (χ4v) is 6.09. The van der Waals surface area contributed by atoms with Gasteiger partial charge in [-0.2, -0.15) is 0 Å². The molecule has 2 heterocycles. The third kappa shape index (κ3) is 5.79. The molecule has 2 aromatic heterocycles. The average Bonchev–Trinajstić information content (AvgIpc) is 3.49. The summed E-state index contributed by atoms with van der Waals surface area (Å²) < 4.78 is 7.40. The molecule has 0 spiro atoms. The molecule has 1 saturated carbocycles. The van der Waals surface area contributed by atoms with Crippen LogP contribution in [0, 0.1) is 6.92 Å². The molecular formula is C33H36N6O2. The first-order valence-electron chi connectivity index (χ1n) is 14.4. The minimum atomic E-state index is -0.470. The maximum atomic E-state index is 13.9. The summed E-state index contributed by atoms with van der Waals surface area (Å²) in [5, 5.41) is 14.3. The molecule has 8 heteroatoms. The van der Waals surface area contributed by atoms with Gasteiger partial charge in [-0.05, 0) is 70.5 Å². The first-order valence-corrected chi connectivity index (χ1v) is 14.4. The number of ether oxygens (including phenoxy) is 1. The molecule has 1 aliphatic rings. The number of nitrogens with zero attached hydrogens (tertiary/aromatic N) is 5. The smallest absolute Gasteiger partial charge is 0.253 e. The van der Waals surface area contributed by atoms with Crippen LogP contribution in [0.4, 0.5) is 0 Å². The lowest BCUT2D eigenvalue weighted by molar-refractivity contribution is 0.186. The maximum Gasteiger partial charge on any atom is 0.253 e. The summed E-state index contributed by atoms with van der Waals surface area (Å²) in [5.41, 5.74) is 4.67. The lowest BCUT2D eigenvalue weighted by Crippen LogP contribution is -2.35. The van der Waals surface area contributed by atoms with Crippen molar-refractivity contribution in [2.24, 2.45) is 0 Å². The zero-order valence-corrected chi connectivity index (χ0v) is 23.7. The van der Waals surface area contributed by atoms with Crippen molar-refractivity contribution >= 4 is 10.9 Å². The number of aromatic nitrogens is 5. The number of methoxy groups -OCH3 is 1. The SMILES string of the molecule is COc1ccc(CN(Cc2ccccc2)[C@H](c2cc3cccc(C)c3[nH]c2=O)c2nnnn2C2CCCCC2)cc1. The molecule has 0 unspecified atom stereocenters. The molecular weight excluding hydrogens is 512 g/mol. The van der Waals surface area contributed by atoms with Gasteiger partial charge in [0.2, 0.25) is 0 Å². The predicted octanol–water partition coefficient (Wildman–Crippen LogP) is 6.13. The average molecular weight is 549 g/mol. The second kappa shape index (κ2) is 12.1. The van der Waals surface area contributed by atoms with Crippen LogP contribution in [0.15, 0.2) is 83.7 Å². The molecule has 5 aromatic rings. The Balaban J connectivity index is 1.52. The number of fused-ring (bicyclic) bond motifs is 1. The van der Waals surface area contributed by atoms with Gasteiger partial charge in [0.1, 0.15) is 11.8 Å². The van der Waals surface area contributed by atoms with Gasteiger partial charge in [0.25, 0.3) is 5.56 Å². The van der Waals surface area contributed by atoms with Crippen LogP contribution in [0.1, 0.15) is 72.3 Å². The van der Waals surface area contributed by atoms with E-state index in [1.165, 1.54) is 6.42 Å². The van der Waals surface area contributed by atoms with Crippen LogP contribution in [0.3, 0.4) is 0 Å². The van der Waals surface area contributed by atoms with E-state index in [0.717, 1.165) is 59.0 Å². The molecule has 1 N–H and O–H groups in total. The quantitative estimate of drug-likeness (QED) is 0.238. The molecule has 1 fully saturated rings. The van der Waals surface area contributed by atoms with Gasteiger partial charge in [0, 0.05) is 18.7 Å². The summed E-state index contributed by atoms with van der Waals surface area (Å²) in [5.74, 6) is 1.52. The van der Waals surface area contributed by atoms with E-state index in [-0.39, 0.29) is 11.6 Å². The topological polar surface area (TPSA) is 88.9 Å². The monoisotopic (exact) mass is 548 g/mol. The molecule has 1 aliphatic carbocycles. The molecule has 0 radical (unpaired) electrons. The zero-order valence-electron chi connectivity index (χ0n) is 23.7. The Morgan fingerprint density at radius 2 is 1.68 bits per heavy atom. The highest BCUT2D eigenvalue weighted by Gasteiger charge is 2.33. The van der Waals surface area contributed by atoms with Crippen molar-refractivity contribution in [3.8, 4) is 5.75 Å². The Labute approximate surface area is 240 Å². The summed E-state index contributed by atoms with van der Waals surface area (Å²) in [6.07, 6.45) is 5.62. The van der Waals surface area contributed by atoms with E-state index in [1.807, 2.05) is 66.2 Å². The number of hydrogen-bond donors (Lipinski definition) is 1. The third-order valence-electron chi connectivity index (χ3n) is 8.23. The van der Waals surface area contributed by atoms with E-state index in [1.54, 1.807) is 7.11 Å². The summed E-state index contributed by atoms with van der Waals surface area (Å²) >= 11 is 0. The Morgan fingerprint density at radius 3 is 2.41 bits per heavy atom. The minimum Gasteiger partial charge on any atom is -0.497 e.